The number of hydrogen-bond donors (Lipinski definition) is 0. The van der Waals surface area contributed by atoms with Gasteiger partial charge < -0.3 is 4.74 Å². The quantitative estimate of drug-likeness (QED) is 0.678. The van der Waals surface area contributed by atoms with Crippen LogP contribution in [0.5, 0.6) is 0 Å². The molecule has 0 amide bonds. The highest BCUT2D eigenvalue weighted by atomic mass is 32.2. The molecule has 142 valence electrons. The minimum Gasteiger partial charge on any atom is -0.457 e. The number of carbonyl (C=O) groups excluding carboxylic acids is 1. The van der Waals surface area contributed by atoms with E-state index < -0.39 is 27.4 Å². The molecule has 0 saturated carbocycles. The first-order valence-corrected chi connectivity index (χ1v) is 9.74. The molecule has 0 bridgehead atoms. The van der Waals surface area contributed by atoms with Crippen molar-refractivity contribution in [3.8, 4) is 6.07 Å². The molecule has 0 unspecified atom stereocenters. The maximum atomic E-state index is 14.1. The largest absolute Gasteiger partial charge is 0.457 e. The van der Waals surface area contributed by atoms with Crippen LogP contribution in [0, 0.1) is 17.1 Å². The van der Waals surface area contributed by atoms with Crippen molar-refractivity contribution in [2.24, 2.45) is 0 Å². The molecule has 8 heteroatoms. The Morgan fingerprint density at radius 1 is 1.19 bits per heavy atom. The summed E-state index contributed by atoms with van der Waals surface area (Å²) in [5, 5.41) is 9.05. The lowest BCUT2D eigenvalue weighted by Gasteiger charge is -2.18. The van der Waals surface area contributed by atoms with Gasteiger partial charge in [0.2, 0.25) is 10.0 Å². The highest BCUT2D eigenvalue weighted by Crippen LogP contribution is 2.20. The number of ether oxygens (including phenoxy) is 1. The Morgan fingerprint density at radius 3 is 2.48 bits per heavy atom. The van der Waals surface area contributed by atoms with E-state index in [1.165, 1.54) is 4.31 Å². The van der Waals surface area contributed by atoms with Gasteiger partial charge in [0.25, 0.3) is 0 Å². The van der Waals surface area contributed by atoms with Gasteiger partial charge in [-0.1, -0.05) is 32.0 Å². The van der Waals surface area contributed by atoms with Crippen LogP contribution in [-0.2, 0) is 21.4 Å². The van der Waals surface area contributed by atoms with Crippen LogP contribution < -0.4 is 0 Å². The molecule has 0 aromatic heterocycles. The van der Waals surface area contributed by atoms with Crippen molar-refractivity contribution in [2.75, 3.05) is 13.1 Å². The summed E-state index contributed by atoms with van der Waals surface area (Å²) in [6.07, 6.45) is 0. The second-order valence-electron chi connectivity index (χ2n) is 5.58. The van der Waals surface area contributed by atoms with E-state index in [-0.39, 0.29) is 24.6 Å². The van der Waals surface area contributed by atoms with Crippen molar-refractivity contribution in [3.63, 3.8) is 0 Å². The SMILES string of the molecule is CCN(CC)S(=O)(=O)c1ccc(F)c(C(=O)OCc2ccccc2C#N)c1. The zero-order valence-electron chi connectivity index (χ0n) is 15.0. The summed E-state index contributed by atoms with van der Waals surface area (Å²) in [7, 11) is -3.84. The summed E-state index contributed by atoms with van der Waals surface area (Å²) in [4.78, 5) is 12.1. The molecule has 0 aliphatic rings. The first kappa shape index (κ1) is 20.6. The number of benzene rings is 2. The van der Waals surface area contributed by atoms with Crippen LogP contribution in [0.3, 0.4) is 0 Å². The maximum Gasteiger partial charge on any atom is 0.341 e. The van der Waals surface area contributed by atoms with Gasteiger partial charge in [-0.2, -0.15) is 9.57 Å². The average Bonchev–Trinajstić information content (AvgIpc) is 2.67. The number of halogens is 1. The first-order chi connectivity index (χ1) is 12.8. The number of nitriles is 1. The van der Waals surface area contributed by atoms with E-state index in [0.29, 0.717) is 11.1 Å². The van der Waals surface area contributed by atoms with Crippen molar-refractivity contribution in [3.05, 3.63) is 65.0 Å². The molecule has 0 heterocycles. The van der Waals surface area contributed by atoms with Crippen LogP contribution >= 0.6 is 0 Å². The Bertz CT molecular complexity index is 979. The molecular weight excluding hydrogens is 371 g/mol. The molecule has 0 radical (unpaired) electrons. The van der Waals surface area contributed by atoms with Crippen LogP contribution in [0.4, 0.5) is 4.39 Å². The lowest BCUT2D eigenvalue weighted by molar-refractivity contribution is 0.0466. The molecule has 0 N–H and O–H groups in total. The minimum atomic E-state index is -3.84. The van der Waals surface area contributed by atoms with Crippen LogP contribution in [0.25, 0.3) is 0 Å². The van der Waals surface area contributed by atoms with Gasteiger partial charge in [0.05, 0.1) is 22.1 Å². The zero-order chi connectivity index (χ0) is 20.0. The molecule has 2 aromatic rings. The highest BCUT2D eigenvalue weighted by molar-refractivity contribution is 7.89. The topological polar surface area (TPSA) is 87.5 Å². The third-order valence-electron chi connectivity index (χ3n) is 4.00. The summed E-state index contributed by atoms with van der Waals surface area (Å²) >= 11 is 0. The molecule has 0 saturated heterocycles. The predicted octanol–water partition coefficient (Wildman–Crippen LogP) is 3.08. The molecule has 0 spiro atoms. The summed E-state index contributed by atoms with van der Waals surface area (Å²) in [5.74, 6) is -1.89. The maximum absolute atomic E-state index is 14.1. The highest BCUT2D eigenvalue weighted by Gasteiger charge is 2.24. The van der Waals surface area contributed by atoms with E-state index in [0.717, 1.165) is 18.2 Å². The normalized spacial score (nSPS) is 11.2. The van der Waals surface area contributed by atoms with Crippen LogP contribution in [0.1, 0.15) is 35.3 Å². The fourth-order valence-corrected chi connectivity index (χ4v) is 3.99. The average molecular weight is 390 g/mol. The van der Waals surface area contributed by atoms with Gasteiger partial charge in [-0.3, -0.25) is 0 Å². The zero-order valence-corrected chi connectivity index (χ0v) is 15.8. The number of nitrogens with zero attached hydrogens (tertiary/aromatic N) is 2. The third-order valence-corrected chi connectivity index (χ3v) is 6.04. The Balaban J connectivity index is 2.28. The van der Waals surface area contributed by atoms with Gasteiger partial charge in [0, 0.05) is 18.7 Å². The molecule has 0 aliphatic heterocycles. The summed E-state index contributed by atoms with van der Waals surface area (Å²) in [6, 6.07) is 11.5. The molecule has 2 aromatic carbocycles. The van der Waals surface area contributed by atoms with Gasteiger partial charge >= 0.3 is 5.97 Å². The first-order valence-electron chi connectivity index (χ1n) is 8.30. The van der Waals surface area contributed by atoms with Gasteiger partial charge in [-0.15, -0.1) is 0 Å². The smallest absolute Gasteiger partial charge is 0.341 e. The monoisotopic (exact) mass is 390 g/mol. The van der Waals surface area contributed by atoms with Gasteiger partial charge in [0.1, 0.15) is 12.4 Å². The molecule has 2 rings (SSSR count). The van der Waals surface area contributed by atoms with Crippen LogP contribution in [-0.4, -0.2) is 31.8 Å². The second kappa shape index (κ2) is 8.75. The van der Waals surface area contributed by atoms with Crippen molar-refractivity contribution < 1.29 is 22.3 Å². The fraction of sp³-hybridized carbons (Fsp3) is 0.263. The van der Waals surface area contributed by atoms with Crippen molar-refractivity contribution in [2.45, 2.75) is 25.3 Å². The van der Waals surface area contributed by atoms with Crippen LogP contribution in [0.15, 0.2) is 47.4 Å². The molecule has 0 atom stereocenters. The van der Waals surface area contributed by atoms with E-state index in [9.17, 15) is 17.6 Å². The Morgan fingerprint density at radius 2 is 1.85 bits per heavy atom. The predicted molar refractivity (Wildman–Crippen MR) is 96.8 cm³/mol. The Kier molecular flexibility index (Phi) is 6.66. The van der Waals surface area contributed by atoms with E-state index in [1.807, 2.05) is 6.07 Å². The molecule has 0 fully saturated rings. The van der Waals surface area contributed by atoms with Crippen molar-refractivity contribution in [1.82, 2.24) is 4.31 Å². The standard InChI is InChI=1S/C19H19FN2O4S/c1-3-22(4-2)27(24,25)16-9-10-18(20)17(11-16)19(23)26-13-15-8-6-5-7-14(15)12-21/h5-11H,3-4,13H2,1-2H3. The fourth-order valence-electron chi connectivity index (χ4n) is 2.51. The Labute approximate surface area is 157 Å². The van der Waals surface area contributed by atoms with E-state index in [2.05, 4.69) is 0 Å². The summed E-state index contributed by atoms with van der Waals surface area (Å²) in [5.41, 5.74) is 0.335. The van der Waals surface area contributed by atoms with Crippen molar-refractivity contribution in [1.29, 1.82) is 5.26 Å². The van der Waals surface area contributed by atoms with E-state index in [1.54, 1.807) is 38.1 Å². The number of esters is 1. The number of rotatable bonds is 7. The second-order valence-corrected chi connectivity index (χ2v) is 7.51. The number of carbonyl (C=O) groups is 1. The molecule has 27 heavy (non-hydrogen) atoms. The van der Waals surface area contributed by atoms with E-state index >= 15 is 0 Å². The van der Waals surface area contributed by atoms with Gasteiger partial charge in [0.15, 0.2) is 0 Å². The lowest BCUT2D eigenvalue weighted by Crippen LogP contribution is -2.30. The van der Waals surface area contributed by atoms with Crippen LogP contribution in [0.2, 0.25) is 0 Å². The van der Waals surface area contributed by atoms with Gasteiger partial charge in [-0.05, 0) is 24.3 Å². The minimum absolute atomic E-state index is 0.183. The number of sulfonamides is 1. The lowest BCUT2D eigenvalue weighted by atomic mass is 10.1. The molecule has 6 nitrogen and oxygen atoms in total. The summed E-state index contributed by atoms with van der Waals surface area (Å²) in [6.45, 7) is 3.65. The van der Waals surface area contributed by atoms with Gasteiger partial charge in [-0.25, -0.2) is 17.6 Å². The summed E-state index contributed by atoms with van der Waals surface area (Å²) < 4.78 is 45.5. The molecular formula is C19H19FN2O4S. The number of hydrogen-bond acceptors (Lipinski definition) is 5. The Hall–Kier alpha value is -2.76. The molecule has 0 aliphatic carbocycles. The van der Waals surface area contributed by atoms with Crippen molar-refractivity contribution >= 4 is 16.0 Å². The van der Waals surface area contributed by atoms with E-state index in [4.69, 9.17) is 10.00 Å². The third kappa shape index (κ3) is 4.51.